The van der Waals surface area contributed by atoms with Crippen molar-refractivity contribution in [3.63, 3.8) is 0 Å². The molecule has 0 amide bonds. The zero-order valence-corrected chi connectivity index (χ0v) is 15.8. The predicted molar refractivity (Wildman–Crippen MR) is 93.3 cm³/mol. The Hall–Kier alpha value is -1.58. The number of esters is 2. The van der Waals surface area contributed by atoms with Crippen LogP contribution in [0.3, 0.4) is 0 Å². The Morgan fingerprint density at radius 1 is 1.17 bits per heavy atom. The molecule has 2 atom stereocenters. The van der Waals surface area contributed by atoms with Crippen LogP contribution in [0.5, 0.6) is 0 Å². The Bertz CT molecular complexity index is 579. The first kappa shape index (κ1) is 18.8. The van der Waals surface area contributed by atoms with Gasteiger partial charge in [-0.2, -0.15) is 0 Å². The highest BCUT2D eigenvalue weighted by molar-refractivity contribution is 6.01. The topological polar surface area (TPSA) is 52.6 Å². The monoisotopic (exact) mass is 334 g/mol. The normalized spacial score (nSPS) is 29.0. The van der Waals surface area contributed by atoms with Gasteiger partial charge in [-0.15, -0.1) is 0 Å². The molecule has 1 saturated carbocycles. The van der Waals surface area contributed by atoms with Crippen LogP contribution < -0.4 is 0 Å². The molecule has 0 spiro atoms. The van der Waals surface area contributed by atoms with Crippen LogP contribution in [0.25, 0.3) is 0 Å². The van der Waals surface area contributed by atoms with E-state index in [-0.39, 0.29) is 5.41 Å². The standard InChI is InChI=1S/C20H30O4/c1-13(2)16-11-20(17(21)23-5,18(22)24-6)12-19(16,4)15-9-7-14(3)8-10-15/h7,15H,8-12H2,1-6H3/t15-,19?/m0/s1. The number of hydrogen-bond donors (Lipinski definition) is 0. The molecule has 4 heteroatoms. The average Bonchev–Trinajstić information content (AvgIpc) is 2.90. The molecule has 0 bridgehead atoms. The van der Waals surface area contributed by atoms with E-state index in [2.05, 4.69) is 33.8 Å². The Balaban J connectivity index is 2.50. The summed E-state index contributed by atoms with van der Waals surface area (Å²) in [4.78, 5) is 25.1. The van der Waals surface area contributed by atoms with Crippen molar-refractivity contribution < 1.29 is 19.1 Å². The molecule has 0 N–H and O–H groups in total. The van der Waals surface area contributed by atoms with Gasteiger partial charge in [-0.05, 0) is 64.2 Å². The van der Waals surface area contributed by atoms with Crippen molar-refractivity contribution in [2.45, 2.75) is 59.8 Å². The molecule has 134 valence electrons. The Kier molecular flexibility index (Phi) is 5.26. The van der Waals surface area contributed by atoms with Gasteiger partial charge in [0.2, 0.25) is 0 Å². The lowest BCUT2D eigenvalue weighted by Crippen LogP contribution is -2.41. The summed E-state index contributed by atoms with van der Waals surface area (Å²) in [5.41, 5.74) is 2.45. The molecule has 0 aromatic carbocycles. The van der Waals surface area contributed by atoms with Crippen LogP contribution in [0.2, 0.25) is 0 Å². The molecule has 0 aliphatic heterocycles. The largest absolute Gasteiger partial charge is 0.468 e. The molecule has 0 heterocycles. The Morgan fingerprint density at radius 3 is 2.17 bits per heavy atom. The summed E-state index contributed by atoms with van der Waals surface area (Å²) in [7, 11) is 2.69. The van der Waals surface area contributed by atoms with Crippen molar-refractivity contribution >= 4 is 11.9 Å². The van der Waals surface area contributed by atoms with Crippen LogP contribution in [-0.4, -0.2) is 26.2 Å². The van der Waals surface area contributed by atoms with Gasteiger partial charge in [0.25, 0.3) is 0 Å². The second-order valence-electron chi connectivity index (χ2n) is 7.84. The fourth-order valence-corrected chi connectivity index (χ4v) is 4.75. The fraction of sp³-hybridized carbons (Fsp3) is 0.700. The minimum Gasteiger partial charge on any atom is -0.468 e. The van der Waals surface area contributed by atoms with Crippen molar-refractivity contribution in [1.29, 1.82) is 0 Å². The summed E-state index contributed by atoms with van der Waals surface area (Å²) in [5.74, 6) is -0.513. The summed E-state index contributed by atoms with van der Waals surface area (Å²) in [5, 5.41) is 0. The van der Waals surface area contributed by atoms with E-state index in [1.54, 1.807) is 0 Å². The van der Waals surface area contributed by atoms with Gasteiger partial charge < -0.3 is 9.47 Å². The molecule has 1 fully saturated rings. The first-order valence-electron chi connectivity index (χ1n) is 8.70. The molecule has 0 saturated heterocycles. The zero-order chi connectivity index (χ0) is 18.1. The SMILES string of the molecule is COC(=O)C1(C(=O)OC)CC(=C(C)C)C(C)([C@H]2CC=C(C)CC2)C1. The number of allylic oxidation sites excluding steroid dienone is 4. The summed E-state index contributed by atoms with van der Waals surface area (Å²) in [6.45, 7) is 8.52. The Labute approximate surface area is 145 Å². The van der Waals surface area contributed by atoms with E-state index in [1.165, 1.54) is 30.9 Å². The second kappa shape index (κ2) is 6.73. The van der Waals surface area contributed by atoms with E-state index in [0.717, 1.165) is 19.3 Å². The number of carbonyl (C=O) groups is 2. The van der Waals surface area contributed by atoms with E-state index < -0.39 is 17.4 Å². The third-order valence-corrected chi connectivity index (χ3v) is 6.13. The molecule has 2 rings (SSSR count). The van der Waals surface area contributed by atoms with E-state index in [9.17, 15) is 9.59 Å². The lowest BCUT2D eigenvalue weighted by atomic mass is 9.65. The highest BCUT2D eigenvalue weighted by Gasteiger charge is 2.61. The fourth-order valence-electron chi connectivity index (χ4n) is 4.75. The first-order valence-corrected chi connectivity index (χ1v) is 8.70. The van der Waals surface area contributed by atoms with E-state index in [1.807, 2.05) is 0 Å². The summed E-state index contributed by atoms with van der Waals surface area (Å²) < 4.78 is 10.0. The summed E-state index contributed by atoms with van der Waals surface area (Å²) in [6.07, 6.45) is 6.35. The van der Waals surface area contributed by atoms with Crippen LogP contribution in [0.15, 0.2) is 22.8 Å². The highest BCUT2D eigenvalue weighted by Crippen LogP contribution is 2.60. The van der Waals surface area contributed by atoms with E-state index >= 15 is 0 Å². The molecule has 0 aromatic heterocycles. The maximum atomic E-state index is 12.6. The van der Waals surface area contributed by atoms with Gasteiger partial charge in [-0.25, -0.2) is 0 Å². The van der Waals surface area contributed by atoms with Crippen molar-refractivity contribution in [2.24, 2.45) is 16.7 Å². The van der Waals surface area contributed by atoms with Gasteiger partial charge in [0.1, 0.15) is 0 Å². The second-order valence-corrected chi connectivity index (χ2v) is 7.84. The smallest absolute Gasteiger partial charge is 0.323 e. The van der Waals surface area contributed by atoms with E-state index in [4.69, 9.17) is 9.47 Å². The molecule has 1 unspecified atom stereocenters. The number of hydrogen-bond acceptors (Lipinski definition) is 4. The molecule has 2 aliphatic rings. The van der Waals surface area contributed by atoms with Gasteiger partial charge in [-0.1, -0.05) is 29.7 Å². The van der Waals surface area contributed by atoms with Crippen LogP contribution in [0, 0.1) is 16.7 Å². The van der Waals surface area contributed by atoms with Crippen molar-refractivity contribution in [2.75, 3.05) is 14.2 Å². The third-order valence-electron chi connectivity index (χ3n) is 6.13. The maximum Gasteiger partial charge on any atom is 0.323 e. The summed E-state index contributed by atoms with van der Waals surface area (Å²) in [6, 6.07) is 0. The maximum absolute atomic E-state index is 12.6. The van der Waals surface area contributed by atoms with Crippen LogP contribution in [0.1, 0.15) is 59.8 Å². The van der Waals surface area contributed by atoms with Crippen molar-refractivity contribution in [1.82, 2.24) is 0 Å². The van der Waals surface area contributed by atoms with Gasteiger partial charge in [0.05, 0.1) is 14.2 Å². The Morgan fingerprint density at radius 2 is 1.75 bits per heavy atom. The summed E-state index contributed by atoms with van der Waals surface area (Å²) >= 11 is 0. The van der Waals surface area contributed by atoms with E-state index in [0.29, 0.717) is 18.8 Å². The quantitative estimate of drug-likeness (QED) is 0.441. The zero-order valence-electron chi connectivity index (χ0n) is 15.8. The minimum atomic E-state index is -1.21. The van der Waals surface area contributed by atoms with Crippen molar-refractivity contribution in [3.05, 3.63) is 22.8 Å². The van der Waals surface area contributed by atoms with Crippen LogP contribution in [0.4, 0.5) is 0 Å². The van der Waals surface area contributed by atoms with Gasteiger partial charge in [0.15, 0.2) is 5.41 Å². The molecule has 0 radical (unpaired) electrons. The molecule has 4 nitrogen and oxygen atoms in total. The number of carbonyl (C=O) groups excluding carboxylic acids is 2. The predicted octanol–water partition coefficient (Wildman–Crippen LogP) is 4.20. The third kappa shape index (κ3) is 2.91. The van der Waals surface area contributed by atoms with Crippen LogP contribution >= 0.6 is 0 Å². The van der Waals surface area contributed by atoms with Crippen LogP contribution in [-0.2, 0) is 19.1 Å². The first-order chi connectivity index (χ1) is 11.2. The number of ether oxygens (including phenoxy) is 2. The molecular formula is C20H30O4. The number of methoxy groups -OCH3 is 2. The lowest BCUT2D eigenvalue weighted by molar-refractivity contribution is -0.169. The van der Waals surface area contributed by atoms with Gasteiger partial charge in [-0.3, -0.25) is 9.59 Å². The minimum absolute atomic E-state index is 0.182. The van der Waals surface area contributed by atoms with Gasteiger partial charge >= 0.3 is 11.9 Å². The molecular weight excluding hydrogens is 304 g/mol. The van der Waals surface area contributed by atoms with Gasteiger partial charge in [0, 0.05) is 0 Å². The molecule has 2 aliphatic carbocycles. The molecule has 0 aromatic rings. The van der Waals surface area contributed by atoms with Crippen molar-refractivity contribution in [3.8, 4) is 0 Å². The highest BCUT2D eigenvalue weighted by atomic mass is 16.5. The lowest BCUT2D eigenvalue weighted by Gasteiger charge is -2.39. The number of rotatable bonds is 3. The average molecular weight is 334 g/mol. The molecule has 24 heavy (non-hydrogen) atoms.